The first-order valence-corrected chi connectivity index (χ1v) is 14.9. The molecule has 208 valence electrons. The third-order valence-corrected chi connectivity index (χ3v) is 7.85. The second-order valence-electron chi connectivity index (χ2n) is 10.3. The van der Waals surface area contributed by atoms with E-state index in [-0.39, 0.29) is 0 Å². The van der Waals surface area contributed by atoms with Crippen LogP contribution < -0.4 is 10.2 Å². The Hall–Kier alpha value is -2.12. The van der Waals surface area contributed by atoms with Crippen molar-refractivity contribution in [3.63, 3.8) is 0 Å². The van der Waals surface area contributed by atoms with Crippen molar-refractivity contribution in [3.8, 4) is 11.4 Å². The number of imidazole rings is 1. The molecule has 1 aliphatic rings. The summed E-state index contributed by atoms with van der Waals surface area (Å²) in [4.78, 5) is 17.1. The van der Waals surface area contributed by atoms with Crippen LogP contribution in [-0.4, -0.2) is 65.0 Å². The van der Waals surface area contributed by atoms with Crippen LogP contribution in [0.2, 0.25) is 5.02 Å². The average molecular weight is 560 g/mol. The van der Waals surface area contributed by atoms with Crippen molar-refractivity contribution in [1.82, 2.24) is 25.2 Å². The Bertz CT molecular complexity index is 1060. The number of aryl methyl sites for hydroxylation is 1. The van der Waals surface area contributed by atoms with Gasteiger partial charge in [0.15, 0.2) is 0 Å². The highest BCUT2D eigenvalue weighted by molar-refractivity contribution is 6.33. The van der Waals surface area contributed by atoms with E-state index < -0.39 is 0 Å². The average Bonchev–Trinajstić information content (AvgIpc) is 3.49. The Morgan fingerprint density at radius 1 is 1.13 bits per heavy atom. The number of alkyl halides is 1. The number of likely N-dealkylation sites (tertiary alicyclic amines) is 1. The number of hydrogen-bond donors (Lipinski definition) is 2. The minimum atomic E-state index is 0.468. The standard InChI is InChI=1S/C29H41ClN6.CH3Cl/c1-5-21(2)20-36(29-27(30)18-25(19-34-29)28-32-12-13-33-28)17-14-31-26-10-15-35(16-11-26)23(4)24-8-6-22(3)7-9-24;1-2/h6-9,12-13,18-19,21,23,26,31H,5,10-11,14-17,20H2,1-4H3,(H,32,33);1H3/t21?,23-;/m1./s1. The zero-order chi connectivity index (χ0) is 27.5. The van der Waals surface area contributed by atoms with Crippen LogP contribution in [0.15, 0.2) is 48.9 Å². The smallest absolute Gasteiger partial charge is 0.147 e. The van der Waals surface area contributed by atoms with Gasteiger partial charge in [-0.3, -0.25) is 4.90 Å². The summed E-state index contributed by atoms with van der Waals surface area (Å²) < 4.78 is 0. The molecule has 0 radical (unpaired) electrons. The van der Waals surface area contributed by atoms with Crippen molar-refractivity contribution in [2.45, 2.75) is 59.0 Å². The molecule has 2 aromatic heterocycles. The molecule has 8 heteroatoms. The Balaban J connectivity index is 0.00000195. The van der Waals surface area contributed by atoms with E-state index in [0.29, 0.717) is 23.0 Å². The SMILES string of the molecule is CCC(C)CN(CCNC1CCN([C@H](C)c2ccc(C)cc2)CC1)c1ncc(-c2ncc[nH]2)cc1Cl.CCl. The Labute approximate surface area is 239 Å². The molecule has 3 aromatic rings. The van der Waals surface area contributed by atoms with Crippen LogP contribution in [0.25, 0.3) is 11.4 Å². The van der Waals surface area contributed by atoms with Gasteiger partial charge in [0.05, 0.1) is 5.02 Å². The lowest BCUT2D eigenvalue weighted by atomic mass is 9.99. The summed E-state index contributed by atoms with van der Waals surface area (Å²) in [5.74, 6) is 2.21. The number of H-pyrrole nitrogens is 1. The van der Waals surface area contributed by atoms with E-state index >= 15 is 0 Å². The van der Waals surface area contributed by atoms with E-state index in [4.69, 9.17) is 16.6 Å². The second-order valence-corrected chi connectivity index (χ2v) is 10.7. The number of nitrogens with one attached hydrogen (secondary N) is 2. The van der Waals surface area contributed by atoms with Gasteiger partial charge in [-0.05, 0) is 44.2 Å². The Morgan fingerprint density at radius 2 is 1.84 bits per heavy atom. The number of benzene rings is 1. The van der Waals surface area contributed by atoms with Gasteiger partial charge < -0.3 is 15.2 Å². The number of rotatable bonds is 11. The van der Waals surface area contributed by atoms with Crippen LogP contribution in [0, 0.1) is 12.8 Å². The fourth-order valence-corrected chi connectivity index (χ4v) is 5.24. The van der Waals surface area contributed by atoms with E-state index in [0.717, 1.165) is 56.4 Å². The summed E-state index contributed by atoms with van der Waals surface area (Å²) >= 11 is 11.4. The second kappa shape index (κ2) is 15.5. The molecule has 0 spiro atoms. The predicted octanol–water partition coefficient (Wildman–Crippen LogP) is 6.96. The predicted molar refractivity (Wildman–Crippen MR) is 162 cm³/mol. The molecular weight excluding hydrogens is 515 g/mol. The molecule has 2 atom stereocenters. The topological polar surface area (TPSA) is 60.1 Å². The number of halogens is 2. The highest BCUT2D eigenvalue weighted by Crippen LogP contribution is 2.28. The molecular formula is C30H44Cl2N6. The number of aromatic amines is 1. The number of aromatic nitrogens is 3. The summed E-state index contributed by atoms with van der Waals surface area (Å²) in [5, 5.41) is 4.49. The third kappa shape index (κ3) is 8.44. The van der Waals surface area contributed by atoms with Gasteiger partial charge in [0.25, 0.3) is 0 Å². The van der Waals surface area contributed by atoms with Crippen LogP contribution in [0.1, 0.15) is 57.2 Å². The van der Waals surface area contributed by atoms with Gasteiger partial charge in [0.2, 0.25) is 0 Å². The van der Waals surface area contributed by atoms with Gasteiger partial charge >= 0.3 is 0 Å². The van der Waals surface area contributed by atoms with Crippen molar-refractivity contribution < 1.29 is 0 Å². The summed E-state index contributed by atoms with van der Waals surface area (Å²) in [5.41, 5.74) is 3.64. The van der Waals surface area contributed by atoms with Crippen LogP contribution in [0.4, 0.5) is 5.82 Å². The number of nitrogens with zero attached hydrogens (tertiary/aromatic N) is 4. The van der Waals surface area contributed by atoms with E-state index in [2.05, 4.69) is 88.6 Å². The molecule has 38 heavy (non-hydrogen) atoms. The molecule has 0 saturated carbocycles. The maximum atomic E-state index is 6.73. The maximum absolute atomic E-state index is 6.73. The van der Waals surface area contributed by atoms with E-state index in [9.17, 15) is 0 Å². The van der Waals surface area contributed by atoms with Crippen molar-refractivity contribution in [3.05, 3.63) is 65.1 Å². The molecule has 0 amide bonds. The molecule has 6 nitrogen and oxygen atoms in total. The lowest BCUT2D eigenvalue weighted by Gasteiger charge is -2.37. The van der Waals surface area contributed by atoms with Crippen LogP contribution in [-0.2, 0) is 0 Å². The zero-order valence-electron chi connectivity index (χ0n) is 23.6. The fraction of sp³-hybridized carbons (Fsp3) is 0.533. The minimum absolute atomic E-state index is 0.468. The first kappa shape index (κ1) is 30.4. The highest BCUT2D eigenvalue weighted by atomic mass is 35.5. The van der Waals surface area contributed by atoms with Crippen molar-refractivity contribution in [1.29, 1.82) is 0 Å². The minimum Gasteiger partial charge on any atom is -0.354 e. The molecule has 1 aromatic carbocycles. The third-order valence-electron chi connectivity index (χ3n) is 7.57. The van der Waals surface area contributed by atoms with Crippen molar-refractivity contribution in [2.75, 3.05) is 44.0 Å². The highest BCUT2D eigenvalue weighted by Gasteiger charge is 2.24. The molecule has 1 saturated heterocycles. The van der Waals surface area contributed by atoms with Gasteiger partial charge in [-0.25, -0.2) is 9.97 Å². The maximum Gasteiger partial charge on any atom is 0.147 e. The van der Waals surface area contributed by atoms with Crippen molar-refractivity contribution in [2.24, 2.45) is 5.92 Å². The number of anilines is 1. The summed E-state index contributed by atoms with van der Waals surface area (Å²) in [6, 6.07) is 12.0. The van der Waals surface area contributed by atoms with E-state index in [1.807, 2.05) is 18.5 Å². The van der Waals surface area contributed by atoms with Gasteiger partial charge in [-0.2, -0.15) is 0 Å². The number of pyridine rings is 1. The van der Waals surface area contributed by atoms with E-state index in [1.54, 1.807) is 6.20 Å². The largest absolute Gasteiger partial charge is 0.354 e. The molecule has 0 aliphatic carbocycles. The van der Waals surface area contributed by atoms with Gasteiger partial charge in [0, 0.05) is 75.3 Å². The molecule has 1 fully saturated rings. The molecule has 2 N–H and O–H groups in total. The zero-order valence-corrected chi connectivity index (χ0v) is 25.1. The quantitative estimate of drug-likeness (QED) is 0.249. The van der Waals surface area contributed by atoms with Crippen LogP contribution in [0.3, 0.4) is 0 Å². The van der Waals surface area contributed by atoms with Crippen LogP contribution >= 0.6 is 23.2 Å². The molecule has 1 aliphatic heterocycles. The Morgan fingerprint density at radius 3 is 2.45 bits per heavy atom. The van der Waals surface area contributed by atoms with Gasteiger partial charge in [0.1, 0.15) is 11.6 Å². The lowest BCUT2D eigenvalue weighted by molar-refractivity contribution is 0.153. The molecule has 0 bridgehead atoms. The number of hydrogen-bond acceptors (Lipinski definition) is 5. The fourth-order valence-electron chi connectivity index (χ4n) is 4.96. The first-order valence-electron chi connectivity index (χ1n) is 13.8. The molecule has 1 unspecified atom stereocenters. The molecule has 4 rings (SSSR count). The van der Waals surface area contributed by atoms with Crippen molar-refractivity contribution >= 4 is 29.0 Å². The van der Waals surface area contributed by atoms with Crippen LogP contribution in [0.5, 0.6) is 0 Å². The first-order chi connectivity index (χ1) is 18.4. The lowest BCUT2D eigenvalue weighted by Crippen LogP contribution is -2.45. The Kier molecular flexibility index (Phi) is 12.4. The van der Waals surface area contributed by atoms with Gasteiger partial charge in [-0.1, -0.05) is 61.7 Å². The summed E-state index contributed by atoms with van der Waals surface area (Å²) in [6.07, 6.45) is 10.4. The normalized spacial score (nSPS) is 16.0. The number of piperidine rings is 1. The summed E-state index contributed by atoms with van der Waals surface area (Å²) in [7, 11) is 0. The molecule has 3 heterocycles. The van der Waals surface area contributed by atoms with E-state index in [1.165, 1.54) is 30.4 Å². The monoisotopic (exact) mass is 558 g/mol. The summed E-state index contributed by atoms with van der Waals surface area (Å²) in [6.45, 7) is 14.0. The van der Waals surface area contributed by atoms with Gasteiger partial charge in [-0.15, -0.1) is 11.6 Å².